The zero-order chi connectivity index (χ0) is 11.0. The summed E-state index contributed by atoms with van der Waals surface area (Å²) in [6.07, 6.45) is 1.30. The van der Waals surface area contributed by atoms with Gasteiger partial charge < -0.3 is 4.98 Å². The first-order valence-electron chi connectivity index (χ1n) is 4.35. The number of aromatic nitrogens is 1. The molecule has 1 N–H and O–H groups in total. The summed E-state index contributed by atoms with van der Waals surface area (Å²) in [5, 5.41) is 9.00. The molecule has 4 heteroatoms. The third-order valence-corrected chi connectivity index (χ3v) is 2.37. The Morgan fingerprint density at radius 1 is 1.47 bits per heavy atom. The van der Waals surface area contributed by atoms with Crippen LogP contribution in [0.25, 0.3) is 10.9 Å². The minimum Gasteiger partial charge on any atom is -0.359 e. The average Bonchev–Trinajstić information content (AvgIpc) is 2.24. The Bertz CT molecular complexity index is 637. The van der Waals surface area contributed by atoms with Crippen LogP contribution in [0.5, 0.6) is 0 Å². The molecule has 2 rings (SSSR count). The van der Waals surface area contributed by atoms with Gasteiger partial charge >= 0.3 is 0 Å². The van der Waals surface area contributed by atoms with Crippen LogP contribution in [-0.4, -0.2) is 4.98 Å². The van der Waals surface area contributed by atoms with E-state index in [1.54, 1.807) is 13.0 Å². The van der Waals surface area contributed by atoms with Crippen LogP contribution in [0.15, 0.2) is 23.1 Å². The molecule has 1 aromatic carbocycles. The number of nitrogens with zero attached hydrogens (tertiary/aromatic N) is 1. The van der Waals surface area contributed by atoms with Gasteiger partial charge in [-0.25, -0.2) is 4.39 Å². The maximum absolute atomic E-state index is 13.2. The van der Waals surface area contributed by atoms with Gasteiger partial charge in [0.2, 0.25) is 5.43 Å². The minimum atomic E-state index is -0.372. The largest absolute Gasteiger partial charge is 0.359 e. The van der Waals surface area contributed by atoms with Gasteiger partial charge in [0, 0.05) is 17.1 Å². The van der Waals surface area contributed by atoms with E-state index < -0.39 is 0 Å². The third kappa shape index (κ3) is 1.29. The van der Waals surface area contributed by atoms with Crippen molar-refractivity contribution in [3.8, 4) is 6.07 Å². The highest BCUT2D eigenvalue weighted by atomic mass is 19.1. The standard InChI is InChI=1S/C11H7FN2O/c1-6-9(12)3-2-8-10(6)14-5-7(4-13)11(8)15/h2-3,5H,1H3,(H,14,15). The van der Waals surface area contributed by atoms with Crippen LogP contribution in [0.2, 0.25) is 0 Å². The van der Waals surface area contributed by atoms with Crippen molar-refractivity contribution in [1.82, 2.24) is 4.98 Å². The molecule has 15 heavy (non-hydrogen) atoms. The maximum Gasteiger partial charge on any atom is 0.207 e. The second-order valence-electron chi connectivity index (χ2n) is 3.24. The number of nitriles is 1. The molecule has 0 aliphatic heterocycles. The lowest BCUT2D eigenvalue weighted by atomic mass is 10.1. The van der Waals surface area contributed by atoms with E-state index in [0.29, 0.717) is 16.5 Å². The molecule has 0 saturated heterocycles. The summed E-state index contributed by atoms with van der Waals surface area (Å²) in [6.45, 7) is 1.58. The number of aromatic amines is 1. The predicted molar refractivity (Wildman–Crippen MR) is 54.0 cm³/mol. The molecule has 0 bridgehead atoms. The summed E-state index contributed by atoms with van der Waals surface area (Å²) in [5.41, 5.74) is 0.496. The Morgan fingerprint density at radius 3 is 2.87 bits per heavy atom. The fourth-order valence-corrected chi connectivity index (χ4v) is 1.50. The Hall–Kier alpha value is -2.15. The number of fused-ring (bicyclic) bond motifs is 1. The smallest absolute Gasteiger partial charge is 0.207 e. The Labute approximate surface area is 84.8 Å². The van der Waals surface area contributed by atoms with Crippen LogP contribution < -0.4 is 5.43 Å². The van der Waals surface area contributed by atoms with Crippen molar-refractivity contribution in [2.24, 2.45) is 0 Å². The first kappa shape index (κ1) is 9.41. The summed E-state index contributed by atoms with van der Waals surface area (Å²) in [7, 11) is 0. The topological polar surface area (TPSA) is 56.6 Å². The Morgan fingerprint density at radius 2 is 2.20 bits per heavy atom. The molecule has 0 saturated carbocycles. The van der Waals surface area contributed by atoms with Gasteiger partial charge in [-0.05, 0) is 19.1 Å². The molecular weight excluding hydrogens is 195 g/mol. The van der Waals surface area contributed by atoms with Crippen LogP contribution in [0.3, 0.4) is 0 Å². The van der Waals surface area contributed by atoms with Gasteiger partial charge in [0.1, 0.15) is 17.4 Å². The van der Waals surface area contributed by atoms with Crippen molar-refractivity contribution in [3.05, 3.63) is 45.5 Å². The summed E-state index contributed by atoms with van der Waals surface area (Å²) < 4.78 is 13.2. The first-order chi connectivity index (χ1) is 7.15. The lowest BCUT2D eigenvalue weighted by molar-refractivity contribution is 0.620. The van der Waals surface area contributed by atoms with Gasteiger partial charge in [0.15, 0.2) is 0 Å². The quantitative estimate of drug-likeness (QED) is 0.708. The van der Waals surface area contributed by atoms with Crippen LogP contribution >= 0.6 is 0 Å². The monoisotopic (exact) mass is 202 g/mol. The zero-order valence-electron chi connectivity index (χ0n) is 7.97. The molecule has 1 heterocycles. The van der Waals surface area contributed by atoms with E-state index >= 15 is 0 Å². The number of hydrogen-bond acceptors (Lipinski definition) is 2. The lowest BCUT2D eigenvalue weighted by Gasteiger charge is -2.02. The molecule has 0 spiro atoms. The zero-order valence-corrected chi connectivity index (χ0v) is 7.97. The van der Waals surface area contributed by atoms with Crippen molar-refractivity contribution in [2.45, 2.75) is 6.92 Å². The summed E-state index contributed by atoms with van der Waals surface area (Å²) in [6, 6.07) is 4.40. The molecular formula is C11H7FN2O. The highest BCUT2D eigenvalue weighted by Crippen LogP contribution is 2.16. The molecule has 0 unspecified atom stereocenters. The number of hydrogen-bond donors (Lipinski definition) is 1. The average molecular weight is 202 g/mol. The van der Waals surface area contributed by atoms with Crippen molar-refractivity contribution < 1.29 is 4.39 Å². The molecule has 2 aromatic rings. The number of halogens is 1. The number of pyridine rings is 1. The highest BCUT2D eigenvalue weighted by Gasteiger charge is 2.08. The predicted octanol–water partition coefficient (Wildman–Crippen LogP) is 1.85. The number of rotatable bonds is 0. The van der Waals surface area contributed by atoms with Gasteiger partial charge in [-0.2, -0.15) is 5.26 Å². The number of benzene rings is 1. The summed E-state index contributed by atoms with van der Waals surface area (Å²) >= 11 is 0. The van der Waals surface area contributed by atoms with E-state index in [-0.39, 0.29) is 16.8 Å². The van der Waals surface area contributed by atoms with E-state index in [9.17, 15) is 9.18 Å². The molecule has 0 radical (unpaired) electrons. The molecule has 0 aliphatic rings. The number of aryl methyl sites for hydroxylation is 1. The van der Waals surface area contributed by atoms with Crippen LogP contribution in [0.4, 0.5) is 4.39 Å². The number of nitrogens with one attached hydrogen (secondary N) is 1. The highest BCUT2D eigenvalue weighted by molar-refractivity contribution is 5.82. The van der Waals surface area contributed by atoms with Gasteiger partial charge in [0.25, 0.3) is 0 Å². The molecule has 0 aliphatic carbocycles. The van der Waals surface area contributed by atoms with E-state index in [1.165, 1.54) is 18.3 Å². The van der Waals surface area contributed by atoms with Gasteiger partial charge in [-0.15, -0.1) is 0 Å². The van der Waals surface area contributed by atoms with Crippen molar-refractivity contribution in [3.63, 3.8) is 0 Å². The third-order valence-electron chi connectivity index (χ3n) is 2.37. The van der Waals surface area contributed by atoms with Gasteiger partial charge in [-0.1, -0.05) is 0 Å². The fourth-order valence-electron chi connectivity index (χ4n) is 1.50. The molecule has 0 atom stereocenters. The van der Waals surface area contributed by atoms with Crippen LogP contribution in [-0.2, 0) is 0 Å². The van der Waals surface area contributed by atoms with E-state index in [4.69, 9.17) is 5.26 Å². The van der Waals surface area contributed by atoms with E-state index in [0.717, 1.165) is 0 Å². The maximum atomic E-state index is 13.2. The van der Waals surface area contributed by atoms with E-state index in [2.05, 4.69) is 4.98 Å². The molecule has 0 amide bonds. The molecule has 0 fully saturated rings. The van der Waals surface area contributed by atoms with Crippen LogP contribution in [0, 0.1) is 24.1 Å². The van der Waals surface area contributed by atoms with E-state index in [1.807, 2.05) is 0 Å². The number of H-pyrrole nitrogens is 1. The molecule has 1 aromatic heterocycles. The minimum absolute atomic E-state index is 0.0357. The van der Waals surface area contributed by atoms with Crippen molar-refractivity contribution in [1.29, 1.82) is 5.26 Å². The van der Waals surface area contributed by atoms with Crippen molar-refractivity contribution in [2.75, 3.05) is 0 Å². The molecule has 74 valence electrons. The second kappa shape index (κ2) is 3.21. The lowest BCUT2D eigenvalue weighted by Crippen LogP contribution is -2.08. The van der Waals surface area contributed by atoms with Gasteiger partial charge in [0.05, 0.1) is 5.52 Å². The second-order valence-corrected chi connectivity index (χ2v) is 3.24. The van der Waals surface area contributed by atoms with Gasteiger partial charge in [-0.3, -0.25) is 4.79 Å². The Kier molecular flexibility index (Phi) is 2.01. The Balaban J connectivity index is 3.00. The summed E-state index contributed by atoms with van der Waals surface area (Å²) in [5.74, 6) is -0.372. The molecule has 3 nitrogen and oxygen atoms in total. The summed E-state index contributed by atoms with van der Waals surface area (Å²) in [4.78, 5) is 14.4. The normalized spacial score (nSPS) is 10.2. The first-order valence-corrected chi connectivity index (χ1v) is 4.35. The van der Waals surface area contributed by atoms with Crippen LogP contribution in [0.1, 0.15) is 11.1 Å². The fraction of sp³-hybridized carbons (Fsp3) is 0.0909. The SMILES string of the molecule is Cc1c(F)ccc2c(=O)c(C#N)c[nH]c12. The van der Waals surface area contributed by atoms with Crippen molar-refractivity contribution >= 4 is 10.9 Å².